The molecule has 0 saturated carbocycles. The van der Waals surface area contributed by atoms with Gasteiger partial charge in [0.25, 0.3) is 0 Å². The number of nitrogens with one attached hydrogen (secondary N) is 1. The van der Waals surface area contributed by atoms with Gasteiger partial charge in [-0.05, 0) is 19.3 Å². The van der Waals surface area contributed by atoms with Gasteiger partial charge in [0.05, 0.1) is 5.75 Å². The fraction of sp³-hybridized carbons (Fsp3) is 0.857. The molecule has 1 rings (SSSR count). The first kappa shape index (κ1) is 17.9. The zero-order chi connectivity index (χ0) is 16.0. The van der Waals surface area contributed by atoms with Crippen molar-refractivity contribution < 1.29 is 18.0 Å². The Morgan fingerprint density at radius 3 is 2.29 bits per heavy atom. The fourth-order valence-corrected chi connectivity index (χ4v) is 3.93. The SMILES string of the molecule is CCCC1NC(=O)C(CC)N(CCS(=O)(=O)CCC)C1=O. The third-order valence-electron chi connectivity index (χ3n) is 3.70. The van der Waals surface area contributed by atoms with E-state index >= 15 is 0 Å². The second kappa shape index (κ2) is 7.77. The molecule has 2 unspecified atom stereocenters. The number of hydrogen-bond acceptors (Lipinski definition) is 4. The van der Waals surface area contributed by atoms with E-state index in [1.54, 1.807) is 0 Å². The summed E-state index contributed by atoms with van der Waals surface area (Å²) in [7, 11) is -3.16. The molecule has 0 aromatic heterocycles. The van der Waals surface area contributed by atoms with E-state index in [4.69, 9.17) is 0 Å². The highest BCUT2D eigenvalue weighted by Gasteiger charge is 2.39. The van der Waals surface area contributed by atoms with Gasteiger partial charge in [0.2, 0.25) is 11.8 Å². The van der Waals surface area contributed by atoms with Crippen LogP contribution in [0.5, 0.6) is 0 Å². The lowest BCUT2D eigenvalue weighted by Gasteiger charge is -2.38. The lowest BCUT2D eigenvalue weighted by molar-refractivity contribution is -0.149. The summed E-state index contributed by atoms with van der Waals surface area (Å²) in [6.07, 6.45) is 2.42. The summed E-state index contributed by atoms with van der Waals surface area (Å²) in [6.45, 7) is 5.68. The minimum absolute atomic E-state index is 0.0742. The zero-order valence-electron chi connectivity index (χ0n) is 13.1. The number of amides is 2. The van der Waals surface area contributed by atoms with Gasteiger partial charge in [0, 0.05) is 12.3 Å². The van der Waals surface area contributed by atoms with Crippen molar-refractivity contribution in [3.05, 3.63) is 0 Å². The third kappa shape index (κ3) is 4.69. The largest absolute Gasteiger partial charge is 0.343 e. The van der Waals surface area contributed by atoms with Gasteiger partial charge in [-0.15, -0.1) is 0 Å². The Morgan fingerprint density at radius 1 is 1.10 bits per heavy atom. The van der Waals surface area contributed by atoms with E-state index in [0.717, 1.165) is 6.42 Å². The van der Waals surface area contributed by atoms with Crippen LogP contribution in [-0.2, 0) is 19.4 Å². The van der Waals surface area contributed by atoms with Crippen LogP contribution in [0.25, 0.3) is 0 Å². The van der Waals surface area contributed by atoms with Gasteiger partial charge in [-0.3, -0.25) is 9.59 Å². The lowest BCUT2D eigenvalue weighted by Crippen LogP contribution is -2.63. The standard InChI is InChI=1S/C14H26N2O4S/c1-4-7-11-14(18)16(12(6-3)13(17)15-11)8-10-21(19,20)9-5-2/h11-12H,4-10H2,1-3H3,(H,15,17). The molecule has 0 aliphatic carbocycles. The van der Waals surface area contributed by atoms with Crippen LogP contribution in [0.15, 0.2) is 0 Å². The molecule has 2 atom stereocenters. The number of carbonyl (C=O) groups excluding carboxylic acids is 2. The Hall–Kier alpha value is -1.11. The van der Waals surface area contributed by atoms with Crippen molar-refractivity contribution in [3.63, 3.8) is 0 Å². The average Bonchev–Trinajstić information content (AvgIpc) is 2.41. The number of rotatable bonds is 8. The van der Waals surface area contributed by atoms with Crippen molar-refractivity contribution in [2.45, 2.75) is 58.5 Å². The van der Waals surface area contributed by atoms with Crippen LogP contribution in [0.2, 0.25) is 0 Å². The molecular weight excluding hydrogens is 292 g/mol. The van der Waals surface area contributed by atoms with E-state index in [1.807, 2.05) is 20.8 Å². The van der Waals surface area contributed by atoms with E-state index in [1.165, 1.54) is 4.90 Å². The molecule has 1 N–H and O–H groups in total. The van der Waals surface area contributed by atoms with Crippen molar-refractivity contribution in [1.82, 2.24) is 10.2 Å². The molecule has 122 valence electrons. The maximum absolute atomic E-state index is 12.4. The maximum atomic E-state index is 12.4. The van der Waals surface area contributed by atoms with E-state index in [-0.39, 0.29) is 29.9 Å². The molecule has 1 saturated heterocycles. The second-order valence-corrected chi connectivity index (χ2v) is 7.76. The van der Waals surface area contributed by atoms with Gasteiger partial charge in [-0.1, -0.05) is 27.2 Å². The van der Waals surface area contributed by atoms with Crippen molar-refractivity contribution in [2.75, 3.05) is 18.1 Å². The molecule has 1 heterocycles. The molecule has 7 heteroatoms. The molecule has 2 amide bonds. The van der Waals surface area contributed by atoms with E-state index in [9.17, 15) is 18.0 Å². The predicted molar refractivity (Wildman–Crippen MR) is 81.6 cm³/mol. The van der Waals surface area contributed by atoms with Crippen molar-refractivity contribution in [1.29, 1.82) is 0 Å². The maximum Gasteiger partial charge on any atom is 0.245 e. The highest BCUT2D eigenvalue weighted by molar-refractivity contribution is 7.91. The minimum atomic E-state index is -3.16. The molecule has 0 spiro atoms. The number of nitrogens with zero attached hydrogens (tertiary/aromatic N) is 1. The first-order valence-electron chi connectivity index (χ1n) is 7.67. The van der Waals surface area contributed by atoms with Gasteiger partial charge in [0.15, 0.2) is 9.84 Å². The van der Waals surface area contributed by atoms with Gasteiger partial charge >= 0.3 is 0 Å². The Labute approximate surface area is 127 Å². The average molecular weight is 318 g/mol. The summed E-state index contributed by atoms with van der Waals surface area (Å²) in [4.78, 5) is 25.9. The first-order chi connectivity index (χ1) is 9.86. The Morgan fingerprint density at radius 2 is 1.76 bits per heavy atom. The topological polar surface area (TPSA) is 83.6 Å². The van der Waals surface area contributed by atoms with Crippen LogP contribution >= 0.6 is 0 Å². The molecular formula is C14H26N2O4S. The van der Waals surface area contributed by atoms with Crippen LogP contribution in [0, 0.1) is 0 Å². The summed E-state index contributed by atoms with van der Waals surface area (Å²) in [5.41, 5.74) is 0. The first-order valence-corrected chi connectivity index (χ1v) is 9.49. The minimum Gasteiger partial charge on any atom is -0.343 e. The molecule has 21 heavy (non-hydrogen) atoms. The van der Waals surface area contributed by atoms with E-state index in [0.29, 0.717) is 19.3 Å². The quantitative estimate of drug-likeness (QED) is 0.714. The van der Waals surface area contributed by atoms with Gasteiger partial charge in [-0.25, -0.2) is 8.42 Å². The molecule has 0 aromatic carbocycles. The normalized spacial score (nSPS) is 23.3. The number of carbonyl (C=O) groups is 2. The van der Waals surface area contributed by atoms with Gasteiger partial charge in [-0.2, -0.15) is 0 Å². The third-order valence-corrected chi connectivity index (χ3v) is 5.53. The summed E-state index contributed by atoms with van der Waals surface area (Å²) >= 11 is 0. The van der Waals surface area contributed by atoms with E-state index < -0.39 is 21.9 Å². The van der Waals surface area contributed by atoms with Crippen LogP contribution in [0.4, 0.5) is 0 Å². The summed E-state index contributed by atoms with van der Waals surface area (Å²) in [5.74, 6) is -0.288. The Bertz CT molecular complexity index is 475. The van der Waals surface area contributed by atoms with Crippen LogP contribution in [-0.4, -0.2) is 55.3 Å². The Balaban J connectivity index is 2.82. The molecule has 6 nitrogen and oxygen atoms in total. The molecule has 0 aromatic rings. The molecule has 0 radical (unpaired) electrons. The van der Waals surface area contributed by atoms with Crippen molar-refractivity contribution >= 4 is 21.7 Å². The number of piperazine rings is 1. The molecule has 1 aliphatic heterocycles. The highest BCUT2D eigenvalue weighted by atomic mass is 32.2. The number of sulfone groups is 1. The van der Waals surface area contributed by atoms with E-state index in [2.05, 4.69) is 5.32 Å². The van der Waals surface area contributed by atoms with Crippen molar-refractivity contribution in [2.24, 2.45) is 0 Å². The monoisotopic (exact) mass is 318 g/mol. The summed E-state index contributed by atoms with van der Waals surface area (Å²) < 4.78 is 23.7. The molecule has 1 fully saturated rings. The highest BCUT2D eigenvalue weighted by Crippen LogP contribution is 2.16. The second-order valence-electron chi connectivity index (χ2n) is 5.46. The Kier molecular flexibility index (Phi) is 6.64. The fourth-order valence-electron chi connectivity index (χ4n) is 2.63. The predicted octanol–water partition coefficient (Wildman–Crippen LogP) is 0.717. The lowest BCUT2D eigenvalue weighted by atomic mass is 10.0. The van der Waals surface area contributed by atoms with Crippen LogP contribution in [0.3, 0.4) is 0 Å². The van der Waals surface area contributed by atoms with Crippen LogP contribution < -0.4 is 5.32 Å². The number of hydrogen-bond donors (Lipinski definition) is 1. The van der Waals surface area contributed by atoms with Gasteiger partial charge < -0.3 is 10.2 Å². The van der Waals surface area contributed by atoms with Crippen molar-refractivity contribution in [3.8, 4) is 0 Å². The summed E-state index contributed by atoms with van der Waals surface area (Å²) in [5, 5.41) is 2.74. The smallest absolute Gasteiger partial charge is 0.245 e. The summed E-state index contributed by atoms with van der Waals surface area (Å²) in [6, 6.07) is -1.07. The molecule has 0 bridgehead atoms. The molecule has 1 aliphatic rings. The van der Waals surface area contributed by atoms with Crippen LogP contribution in [0.1, 0.15) is 46.5 Å². The van der Waals surface area contributed by atoms with Gasteiger partial charge in [0.1, 0.15) is 12.1 Å². The zero-order valence-corrected chi connectivity index (χ0v) is 13.9.